The van der Waals surface area contributed by atoms with Crippen LogP contribution >= 0.6 is 0 Å². The van der Waals surface area contributed by atoms with E-state index in [0.717, 1.165) is 64.2 Å². The molecule has 37 N–H and O–H groups in total. The van der Waals surface area contributed by atoms with Crippen molar-refractivity contribution < 1.29 is 208 Å². The summed E-state index contributed by atoms with van der Waals surface area (Å²) < 4.78 is 0. The maximum Gasteiger partial charge on any atom is 0.303 e. The molecule has 0 aliphatic rings. The van der Waals surface area contributed by atoms with Crippen LogP contribution in [-0.4, -0.2) is 425 Å². The minimum atomic E-state index is -0.954. The van der Waals surface area contributed by atoms with E-state index in [0.29, 0.717) is 25.7 Å². The first kappa shape index (κ1) is 134. The lowest BCUT2D eigenvalue weighted by Gasteiger charge is -1.96. The Morgan fingerprint density at radius 3 is 0.314 bits per heavy atom. The number of carboxylic acids is 4. The van der Waals surface area contributed by atoms with Gasteiger partial charge in [0.25, 0.3) is 0 Å². The zero-order valence-corrected chi connectivity index (χ0v) is 60.2. The summed E-state index contributed by atoms with van der Waals surface area (Å²) in [6.07, 6.45) is 7.83. The SMILES string of the molecule is CCCCCC(=O)O.CCCCCC(=O)O.CCCCCCCC(=O)O.CCCCCCCC(=O)O.OCC(O)CO.OCC(O)CO.OCC(O)CO.OCC(O)CO.OCC(O)CO.OCC(O)CO.OCC(O)CO.OCC(O)CO.OCC(O)CO.OCC(O)CO.OCC(O)CO. The van der Waals surface area contributed by atoms with Crippen molar-refractivity contribution in [3.05, 3.63) is 0 Å². The Morgan fingerprint density at radius 2 is 0.245 bits per heavy atom. The van der Waals surface area contributed by atoms with Gasteiger partial charge in [-0.1, -0.05) is 105 Å². The molecular formula is C61H144O41. The number of carboxylic acid groups (broad SMARTS) is 4. The predicted octanol–water partition coefficient (Wildman–Crippen LogP) is -10.2. The predicted molar refractivity (Wildman–Crippen MR) is 368 cm³/mol. The number of aliphatic hydroxyl groups is 33. The highest BCUT2D eigenvalue weighted by atomic mass is 16.4. The molecule has 634 valence electrons. The molecule has 0 bridgehead atoms. The van der Waals surface area contributed by atoms with Crippen molar-refractivity contribution in [1.29, 1.82) is 0 Å². The van der Waals surface area contributed by atoms with Crippen LogP contribution in [-0.2, 0) is 19.2 Å². The molecular weight excluding hydrogens is 1390 g/mol. The molecule has 0 aromatic carbocycles. The Balaban J connectivity index is -0.0000000614. The zero-order valence-electron chi connectivity index (χ0n) is 60.2. The van der Waals surface area contributed by atoms with E-state index in [-0.39, 0.29) is 145 Å². The summed E-state index contributed by atoms with van der Waals surface area (Å²) in [5, 5.41) is 297. The fourth-order valence-electron chi connectivity index (χ4n) is 3.45. The molecule has 41 nitrogen and oxygen atoms in total. The van der Waals surface area contributed by atoms with Crippen LogP contribution in [0.5, 0.6) is 0 Å². The van der Waals surface area contributed by atoms with Crippen molar-refractivity contribution in [2.24, 2.45) is 0 Å². The van der Waals surface area contributed by atoms with E-state index in [1.165, 1.54) is 38.5 Å². The van der Waals surface area contributed by atoms with Crippen molar-refractivity contribution in [3.63, 3.8) is 0 Å². The lowest BCUT2D eigenvalue weighted by molar-refractivity contribution is -0.138. The molecule has 0 aromatic rings. The Hall–Kier alpha value is -3.44. The summed E-state index contributed by atoms with van der Waals surface area (Å²) in [5.74, 6) is -2.70. The van der Waals surface area contributed by atoms with Crippen LogP contribution in [0.4, 0.5) is 0 Å². The molecule has 0 saturated carbocycles. The molecule has 0 aromatic heterocycles. The van der Waals surface area contributed by atoms with E-state index in [1.807, 2.05) is 0 Å². The van der Waals surface area contributed by atoms with Gasteiger partial charge in [-0.25, -0.2) is 0 Å². The first-order valence-electron chi connectivity index (χ1n) is 32.7. The van der Waals surface area contributed by atoms with Gasteiger partial charge >= 0.3 is 23.9 Å². The van der Waals surface area contributed by atoms with E-state index in [4.69, 9.17) is 189 Å². The third-order valence-electron chi connectivity index (χ3n) is 9.61. The summed E-state index contributed by atoms with van der Waals surface area (Å²) in [6.45, 7) is 0.394. The zero-order chi connectivity index (χ0) is 83.4. The first-order valence-corrected chi connectivity index (χ1v) is 32.7. The van der Waals surface area contributed by atoms with Crippen LogP contribution in [0.2, 0.25) is 0 Å². The van der Waals surface area contributed by atoms with Gasteiger partial charge in [-0.15, -0.1) is 0 Å². The summed E-state index contributed by atoms with van der Waals surface area (Å²) in [4.78, 5) is 39.8. The summed E-state index contributed by atoms with van der Waals surface area (Å²) in [6, 6.07) is 0. The molecule has 0 heterocycles. The first-order chi connectivity index (χ1) is 48.0. The largest absolute Gasteiger partial charge is 0.481 e. The minimum Gasteiger partial charge on any atom is -0.481 e. The highest BCUT2D eigenvalue weighted by Gasteiger charge is 2.01. The third kappa shape index (κ3) is 212. The topological polar surface area (TPSA) is 817 Å². The van der Waals surface area contributed by atoms with Gasteiger partial charge in [0.2, 0.25) is 0 Å². The number of aliphatic carboxylic acids is 4. The van der Waals surface area contributed by atoms with Crippen LogP contribution in [0.15, 0.2) is 0 Å². The molecule has 0 aliphatic carbocycles. The lowest BCUT2D eigenvalue weighted by Crippen LogP contribution is -2.15. The third-order valence-corrected chi connectivity index (χ3v) is 9.61. The number of unbranched alkanes of at least 4 members (excludes halogenated alkanes) is 12. The fourth-order valence-corrected chi connectivity index (χ4v) is 3.45. The molecule has 102 heavy (non-hydrogen) atoms. The summed E-state index contributed by atoms with van der Waals surface area (Å²) in [5.41, 5.74) is 0. The molecule has 0 fully saturated rings. The molecule has 0 saturated heterocycles. The number of carbonyl (C=O) groups is 4. The minimum absolute atomic E-state index is 0.327. The molecule has 0 unspecified atom stereocenters. The number of hydrogen-bond donors (Lipinski definition) is 37. The molecule has 41 heteroatoms. The van der Waals surface area contributed by atoms with Crippen LogP contribution in [0.1, 0.15) is 156 Å². The Kier molecular flexibility index (Phi) is 172. The Labute approximate surface area is 599 Å². The monoisotopic (exact) mass is 1530 g/mol. The van der Waals surface area contributed by atoms with E-state index >= 15 is 0 Å². The maximum absolute atomic E-state index is 10.0. The van der Waals surface area contributed by atoms with Crippen LogP contribution in [0.3, 0.4) is 0 Å². The van der Waals surface area contributed by atoms with Crippen LogP contribution < -0.4 is 0 Å². The lowest BCUT2D eigenvalue weighted by atomic mass is 10.1. The van der Waals surface area contributed by atoms with Crippen molar-refractivity contribution in [2.75, 3.05) is 145 Å². The van der Waals surface area contributed by atoms with Crippen LogP contribution in [0, 0.1) is 0 Å². The summed E-state index contributed by atoms with van der Waals surface area (Å²) in [7, 11) is 0. The number of hydrogen-bond acceptors (Lipinski definition) is 37. The van der Waals surface area contributed by atoms with E-state index in [2.05, 4.69) is 27.7 Å². The second-order valence-electron chi connectivity index (χ2n) is 20.0. The second kappa shape index (κ2) is 130. The van der Waals surface area contributed by atoms with E-state index in [9.17, 15) is 19.2 Å². The maximum atomic E-state index is 10.0. The molecule has 0 spiro atoms. The quantitative estimate of drug-likeness (QED) is 0.0252. The molecule has 0 rings (SSSR count). The van der Waals surface area contributed by atoms with Gasteiger partial charge in [0.05, 0.1) is 145 Å². The molecule has 0 aliphatic heterocycles. The average Bonchev–Trinajstić information content (AvgIpc) is 3.84. The van der Waals surface area contributed by atoms with Crippen molar-refractivity contribution >= 4 is 23.9 Å². The molecule has 0 atom stereocenters. The fraction of sp³-hybridized carbons (Fsp3) is 0.934. The van der Waals surface area contributed by atoms with Crippen LogP contribution in [0.25, 0.3) is 0 Å². The van der Waals surface area contributed by atoms with Gasteiger partial charge in [0.1, 0.15) is 67.1 Å². The highest BCUT2D eigenvalue weighted by molar-refractivity contribution is 5.67. The van der Waals surface area contributed by atoms with Crippen molar-refractivity contribution in [1.82, 2.24) is 0 Å². The van der Waals surface area contributed by atoms with Gasteiger partial charge in [-0.2, -0.15) is 0 Å². The Morgan fingerprint density at radius 1 is 0.167 bits per heavy atom. The van der Waals surface area contributed by atoms with Crippen molar-refractivity contribution in [2.45, 2.75) is 223 Å². The van der Waals surface area contributed by atoms with Gasteiger partial charge in [-0.05, 0) is 25.7 Å². The number of aliphatic hydroxyl groups excluding tert-OH is 33. The van der Waals surface area contributed by atoms with Gasteiger partial charge < -0.3 is 189 Å². The highest BCUT2D eigenvalue weighted by Crippen LogP contribution is 2.05. The molecule has 0 amide bonds. The molecule has 0 radical (unpaired) electrons. The van der Waals surface area contributed by atoms with Gasteiger partial charge in [0, 0.05) is 25.7 Å². The van der Waals surface area contributed by atoms with Crippen molar-refractivity contribution in [3.8, 4) is 0 Å². The number of rotatable bonds is 42. The Bertz CT molecular complexity index is 1120. The van der Waals surface area contributed by atoms with Gasteiger partial charge in [0.15, 0.2) is 0 Å². The second-order valence-corrected chi connectivity index (χ2v) is 20.0. The normalized spacial score (nSPS) is 9.80. The van der Waals surface area contributed by atoms with E-state index in [1.54, 1.807) is 0 Å². The standard InChI is InChI=1S/2C8H16O2.2C6H12O2.11C3H8O3/c2*1-2-3-4-5-6-7-8(9)10;2*1-2-3-4-5-6(7)8;11*4-1-3(6)2-5/h2*2-7H2,1H3,(H,9,10);2*2-5H2,1H3,(H,7,8);11*3-6H,1-2H2. The average molecular weight is 1530 g/mol. The van der Waals surface area contributed by atoms with E-state index < -0.39 is 91.0 Å². The smallest absolute Gasteiger partial charge is 0.303 e. The summed E-state index contributed by atoms with van der Waals surface area (Å²) >= 11 is 0. The van der Waals surface area contributed by atoms with Gasteiger partial charge in [-0.3, -0.25) is 19.2 Å².